The number of carbonyl (C=O) groups excluding carboxylic acids is 1. The lowest BCUT2D eigenvalue weighted by Crippen LogP contribution is -2.32. The van der Waals surface area contributed by atoms with E-state index < -0.39 is 16.0 Å². The van der Waals surface area contributed by atoms with E-state index in [-0.39, 0.29) is 22.0 Å². The van der Waals surface area contributed by atoms with Gasteiger partial charge in [0.15, 0.2) is 0 Å². The van der Waals surface area contributed by atoms with Gasteiger partial charge in [-0.25, -0.2) is 13.2 Å². The predicted molar refractivity (Wildman–Crippen MR) is 109 cm³/mol. The molecule has 0 N–H and O–H groups in total. The number of esters is 1. The zero-order valence-electron chi connectivity index (χ0n) is 15.1. The first-order valence-corrected chi connectivity index (χ1v) is 10.3. The Labute approximate surface area is 169 Å². The maximum absolute atomic E-state index is 13.6. The van der Waals surface area contributed by atoms with E-state index >= 15 is 0 Å². The van der Waals surface area contributed by atoms with E-state index in [2.05, 4.69) is 0 Å². The number of carbonyl (C=O) groups is 1. The number of benzene rings is 3. The molecule has 0 heterocycles. The van der Waals surface area contributed by atoms with Crippen LogP contribution in [0.15, 0.2) is 83.8 Å². The van der Waals surface area contributed by atoms with Gasteiger partial charge in [0.25, 0.3) is 10.0 Å². The summed E-state index contributed by atoms with van der Waals surface area (Å²) in [6, 6.07) is 21.8. The highest BCUT2D eigenvalue weighted by Gasteiger charge is 2.30. The molecule has 0 saturated heterocycles. The molecule has 0 radical (unpaired) electrons. The molecule has 0 aliphatic heterocycles. The Morgan fingerprint density at radius 3 is 2.21 bits per heavy atom. The third-order valence-electron chi connectivity index (χ3n) is 4.15. The van der Waals surface area contributed by atoms with Crippen LogP contribution in [0.2, 0.25) is 5.02 Å². The predicted octanol–water partition coefficient (Wildman–Crippen LogP) is 4.52. The quantitative estimate of drug-likeness (QED) is 0.555. The minimum Gasteiger partial charge on any atom is -0.465 e. The number of ether oxygens (including phenoxy) is 1. The fourth-order valence-electron chi connectivity index (χ4n) is 2.79. The fourth-order valence-corrected chi connectivity index (χ4v) is 4.73. The van der Waals surface area contributed by atoms with Crippen molar-refractivity contribution < 1.29 is 17.9 Å². The first-order valence-electron chi connectivity index (χ1n) is 8.43. The summed E-state index contributed by atoms with van der Waals surface area (Å²) >= 11 is 6.31. The molecule has 0 amide bonds. The lowest BCUT2D eigenvalue weighted by Gasteiger charge is -2.26. The van der Waals surface area contributed by atoms with Gasteiger partial charge in [0.05, 0.1) is 29.9 Å². The normalized spacial score (nSPS) is 11.1. The van der Waals surface area contributed by atoms with Crippen LogP contribution in [0.1, 0.15) is 15.9 Å². The number of sulfonamides is 1. The Morgan fingerprint density at radius 1 is 0.929 bits per heavy atom. The van der Waals surface area contributed by atoms with Crippen molar-refractivity contribution in [3.8, 4) is 0 Å². The maximum atomic E-state index is 13.6. The summed E-state index contributed by atoms with van der Waals surface area (Å²) < 4.78 is 33.1. The van der Waals surface area contributed by atoms with E-state index in [0.717, 1.165) is 5.56 Å². The van der Waals surface area contributed by atoms with Gasteiger partial charge in [-0.05, 0) is 29.8 Å². The topological polar surface area (TPSA) is 63.7 Å². The summed E-state index contributed by atoms with van der Waals surface area (Å²) in [6.45, 7) is 0.0579. The minimum atomic E-state index is -4.11. The van der Waals surface area contributed by atoms with Crippen molar-refractivity contribution in [2.75, 3.05) is 11.4 Å². The molecule has 0 aliphatic rings. The molecule has 3 aromatic rings. The first kappa shape index (κ1) is 19.9. The van der Waals surface area contributed by atoms with E-state index in [9.17, 15) is 13.2 Å². The van der Waals surface area contributed by atoms with E-state index in [1.54, 1.807) is 36.4 Å². The molecule has 0 aliphatic carbocycles. The fraction of sp³-hybridized carbons (Fsp3) is 0.0952. The number of hydrogen-bond acceptors (Lipinski definition) is 4. The Balaban J connectivity index is 2.18. The van der Waals surface area contributed by atoms with Crippen LogP contribution < -0.4 is 4.31 Å². The van der Waals surface area contributed by atoms with E-state index in [1.807, 2.05) is 30.3 Å². The lowest BCUT2D eigenvalue weighted by molar-refractivity contribution is 0.0596. The van der Waals surface area contributed by atoms with Crippen molar-refractivity contribution in [1.29, 1.82) is 0 Å². The first-order chi connectivity index (χ1) is 13.4. The molecule has 0 aromatic heterocycles. The Bertz CT molecular complexity index is 1080. The standard InChI is InChI=1S/C21H18ClNO4S/c1-27-21(24)17-11-5-8-14-20(17)28(25,26)23(15-16-9-3-2-4-10-16)19-13-7-6-12-18(19)22/h2-14H,15H2,1H3. The van der Waals surface area contributed by atoms with Crippen LogP contribution in [0, 0.1) is 0 Å². The van der Waals surface area contributed by atoms with Crippen molar-refractivity contribution in [1.82, 2.24) is 0 Å². The third kappa shape index (κ3) is 4.03. The summed E-state index contributed by atoms with van der Waals surface area (Å²) in [5.74, 6) is -0.724. The summed E-state index contributed by atoms with van der Waals surface area (Å²) in [5.41, 5.74) is 1.07. The SMILES string of the molecule is COC(=O)c1ccccc1S(=O)(=O)N(Cc1ccccc1)c1ccccc1Cl. The van der Waals surface area contributed by atoms with Crippen LogP contribution in [-0.2, 0) is 21.3 Å². The van der Waals surface area contributed by atoms with Crippen LogP contribution in [0.4, 0.5) is 5.69 Å². The summed E-state index contributed by atoms with van der Waals surface area (Å²) in [5, 5.41) is 0.289. The van der Waals surface area contributed by atoms with Crippen molar-refractivity contribution >= 4 is 33.3 Å². The van der Waals surface area contributed by atoms with Crippen molar-refractivity contribution in [2.45, 2.75) is 11.4 Å². The Morgan fingerprint density at radius 2 is 1.54 bits per heavy atom. The van der Waals surface area contributed by atoms with Gasteiger partial charge >= 0.3 is 5.97 Å². The second-order valence-electron chi connectivity index (χ2n) is 5.94. The zero-order valence-corrected chi connectivity index (χ0v) is 16.7. The summed E-state index contributed by atoms with van der Waals surface area (Å²) in [4.78, 5) is 12.0. The van der Waals surface area contributed by atoms with Crippen LogP contribution in [0.3, 0.4) is 0 Å². The van der Waals surface area contributed by atoms with Gasteiger partial charge in [-0.1, -0.05) is 66.2 Å². The molecule has 7 heteroatoms. The zero-order chi connectivity index (χ0) is 20.1. The number of para-hydroxylation sites is 1. The molecular formula is C21H18ClNO4S. The number of nitrogens with zero attached hydrogens (tertiary/aromatic N) is 1. The number of methoxy groups -OCH3 is 1. The van der Waals surface area contributed by atoms with Gasteiger partial charge in [-0.2, -0.15) is 0 Å². The molecule has 0 atom stereocenters. The molecule has 0 spiro atoms. The van der Waals surface area contributed by atoms with E-state index in [1.165, 1.54) is 23.5 Å². The van der Waals surface area contributed by atoms with Crippen molar-refractivity contribution in [2.24, 2.45) is 0 Å². The van der Waals surface area contributed by atoms with Gasteiger partial charge < -0.3 is 4.74 Å². The molecule has 0 bridgehead atoms. The highest BCUT2D eigenvalue weighted by Crippen LogP contribution is 2.33. The molecular weight excluding hydrogens is 398 g/mol. The van der Waals surface area contributed by atoms with Gasteiger partial charge in [0.1, 0.15) is 4.90 Å². The monoisotopic (exact) mass is 415 g/mol. The lowest BCUT2D eigenvalue weighted by atomic mass is 10.2. The molecule has 3 aromatic carbocycles. The second kappa shape index (κ2) is 8.46. The van der Waals surface area contributed by atoms with Crippen molar-refractivity contribution in [3.63, 3.8) is 0 Å². The largest absolute Gasteiger partial charge is 0.465 e. The average Bonchev–Trinajstić information content (AvgIpc) is 2.72. The molecule has 3 rings (SSSR count). The smallest absolute Gasteiger partial charge is 0.339 e. The van der Waals surface area contributed by atoms with Crippen LogP contribution in [0.25, 0.3) is 0 Å². The number of halogens is 1. The molecule has 0 unspecified atom stereocenters. The molecule has 0 saturated carbocycles. The van der Waals surface area contributed by atoms with Crippen LogP contribution in [0.5, 0.6) is 0 Å². The Kier molecular flexibility index (Phi) is 6.02. The number of rotatable bonds is 6. The molecule has 0 fully saturated rings. The van der Waals surface area contributed by atoms with E-state index in [4.69, 9.17) is 16.3 Å². The van der Waals surface area contributed by atoms with Gasteiger partial charge in [0, 0.05) is 0 Å². The minimum absolute atomic E-state index is 0.0323. The van der Waals surface area contributed by atoms with E-state index in [0.29, 0.717) is 5.69 Å². The highest BCUT2D eigenvalue weighted by molar-refractivity contribution is 7.92. The summed E-state index contributed by atoms with van der Waals surface area (Å²) in [6.07, 6.45) is 0. The van der Waals surface area contributed by atoms with Crippen LogP contribution in [-0.4, -0.2) is 21.5 Å². The maximum Gasteiger partial charge on any atom is 0.339 e. The highest BCUT2D eigenvalue weighted by atomic mass is 35.5. The van der Waals surface area contributed by atoms with Gasteiger partial charge in [-0.3, -0.25) is 4.31 Å². The second-order valence-corrected chi connectivity index (χ2v) is 8.17. The Hall–Kier alpha value is -2.83. The average molecular weight is 416 g/mol. The van der Waals surface area contributed by atoms with Crippen molar-refractivity contribution in [3.05, 3.63) is 95.0 Å². The third-order valence-corrected chi connectivity index (χ3v) is 6.29. The molecule has 5 nitrogen and oxygen atoms in total. The summed E-state index contributed by atoms with van der Waals surface area (Å²) in [7, 11) is -2.90. The molecule has 144 valence electrons. The van der Waals surface area contributed by atoms with Gasteiger partial charge in [0.2, 0.25) is 0 Å². The van der Waals surface area contributed by atoms with Gasteiger partial charge in [-0.15, -0.1) is 0 Å². The van der Waals surface area contributed by atoms with Crippen LogP contribution >= 0.6 is 11.6 Å². The number of hydrogen-bond donors (Lipinski definition) is 0. The number of anilines is 1. The molecule has 28 heavy (non-hydrogen) atoms.